The fourth-order valence-electron chi connectivity index (χ4n) is 9.05. The molecule has 1 aromatic carbocycles. The minimum Gasteiger partial charge on any atom is -0.496 e. The lowest BCUT2D eigenvalue weighted by atomic mass is 9.83. The Balaban J connectivity index is 1.29. The van der Waals surface area contributed by atoms with Crippen molar-refractivity contribution < 1.29 is 46.5 Å². The first-order chi connectivity index (χ1) is 28.3. The van der Waals surface area contributed by atoms with Crippen LogP contribution in [0.2, 0.25) is 0 Å². The lowest BCUT2D eigenvalue weighted by Gasteiger charge is -2.34. The number of methoxy groups -OCH3 is 1. The summed E-state index contributed by atoms with van der Waals surface area (Å²) in [5.74, 6) is -1.17. The van der Waals surface area contributed by atoms with Gasteiger partial charge in [0.2, 0.25) is 27.7 Å². The minimum absolute atomic E-state index is 0.0226. The van der Waals surface area contributed by atoms with Crippen molar-refractivity contribution in [1.82, 2.24) is 25.2 Å². The number of carbonyl (C=O) groups is 4. The van der Waals surface area contributed by atoms with Crippen LogP contribution in [-0.2, 0) is 42.0 Å². The van der Waals surface area contributed by atoms with Crippen molar-refractivity contribution >= 4 is 44.7 Å². The van der Waals surface area contributed by atoms with E-state index in [9.17, 15) is 27.6 Å². The number of amides is 4. The summed E-state index contributed by atoms with van der Waals surface area (Å²) in [6.45, 7) is 12.2. The average Bonchev–Trinajstić information content (AvgIpc) is 4.15. The predicted molar refractivity (Wildman–Crippen MR) is 220 cm³/mol. The second-order valence-electron chi connectivity index (χ2n) is 16.6. The van der Waals surface area contributed by atoms with E-state index >= 15 is 0 Å². The van der Waals surface area contributed by atoms with Crippen molar-refractivity contribution in [2.24, 2.45) is 11.8 Å². The average molecular weight is 836 g/mol. The molecule has 3 N–H and O–H groups in total. The Morgan fingerprint density at radius 2 is 1.86 bits per heavy atom. The second-order valence-corrected chi connectivity index (χ2v) is 18.5. The van der Waals surface area contributed by atoms with Gasteiger partial charge in [-0.1, -0.05) is 38.8 Å². The molecule has 7 rings (SSSR count). The second kappa shape index (κ2) is 17.4. The Bertz CT molecular complexity index is 2120. The van der Waals surface area contributed by atoms with E-state index in [4.69, 9.17) is 23.9 Å². The summed E-state index contributed by atoms with van der Waals surface area (Å²) in [6.07, 6.45) is 7.81. The van der Waals surface area contributed by atoms with Gasteiger partial charge in [-0.15, -0.1) is 6.58 Å². The number of sulfonamides is 1. The summed E-state index contributed by atoms with van der Waals surface area (Å²) < 4.78 is 52.2. The molecule has 0 unspecified atom stereocenters. The summed E-state index contributed by atoms with van der Waals surface area (Å²) in [7, 11) is -2.28. The molecule has 320 valence electrons. The maximum absolute atomic E-state index is 14.9. The quantitative estimate of drug-likeness (QED) is 0.264. The lowest BCUT2D eigenvalue weighted by Crippen LogP contribution is -2.59. The van der Waals surface area contributed by atoms with Crippen LogP contribution in [0.5, 0.6) is 17.4 Å². The molecule has 15 nitrogen and oxygen atoms in total. The number of rotatable bonds is 11. The number of nitrogens with one attached hydrogen (secondary N) is 3. The monoisotopic (exact) mass is 835 g/mol. The van der Waals surface area contributed by atoms with Crippen LogP contribution in [0.1, 0.15) is 95.6 Å². The number of fused-ring (bicyclic) bond motifs is 3. The molecule has 3 heterocycles. The molecule has 2 aromatic rings. The van der Waals surface area contributed by atoms with Gasteiger partial charge in [0.1, 0.15) is 41.8 Å². The maximum atomic E-state index is 14.9. The molecule has 4 amide bonds. The molecule has 16 heteroatoms. The molecule has 5 atom stereocenters. The van der Waals surface area contributed by atoms with E-state index in [0.717, 1.165) is 35.8 Å². The summed E-state index contributed by atoms with van der Waals surface area (Å²) in [5.41, 5.74) is 1.62. The number of hydrogen-bond donors (Lipinski definition) is 3. The third-order valence-corrected chi connectivity index (χ3v) is 14.3. The van der Waals surface area contributed by atoms with E-state index in [1.165, 1.54) is 11.0 Å². The molecular formula is C43H57N5O10S. The van der Waals surface area contributed by atoms with Crippen LogP contribution in [0, 0.1) is 11.8 Å². The summed E-state index contributed by atoms with van der Waals surface area (Å²) in [6, 6.07) is 1.58. The van der Waals surface area contributed by atoms with Gasteiger partial charge in [0.15, 0.2) is 0 Å². The molecule has 59 heavy (non-hydrogen) atoms. The zero-order chi connectivity index (χ0) is 42.1. The first kappa shape index (κ1) is 42.3. The van der Waals surface area contributed by atoms with Gasteiger partial charge in [0.25, 0.3) is 5.91 Å². The highest BCUT2D eigenvalue weighted by Gasteiger charge is 2.62. The van der Waals surface area contributed by atoms with Crippen LogP contribution in [0.15, 0.2) is 36.9 Å². The first-order valence-corrected chi connectivity index (χ1v) is 22.6. The number of ether oxygens (including phenoxy) is 4. The molecule has 3 aliphatic carbocycles. The predicted octanol–water partition coefficient (Wildman–Crippen LogP) is 4.79. The SMILES string of the molecule is C=C[C@@H]1C[C@]1(NC(=O)[C@@H]1C[C@@H]2CN1C(=O)[C@H](C1CCCCC1)NC(=O)OCC(=C)CCCc1cc3c(cc(OCC)nc3c(CC)c1OC)O2)C(=O)NS(=O)(=O)C1CC1. The number of benzene rings is 1. The van der Waals surface area contributed by atoms with Crippen LogP contribution >= 0.6 is 0 Å². The van der Waals surface area contributed by atoms with Crippen LogP contribution in [0.3, 0.4) is 0 Å². The topological polar surface area (TPSA) is 192 Å². The molecular weight excluding hydrogens is 779 g/mol. The number of alkyl carbamates (subject to hydrolysis) is 1. The molecule has 1 aromatic heterocycles. The molecule has 3 saturated carbocycles. The molecule has 4 bridgehead atoms. The number of cyclic esters (lactones) is 1. The zero-order valence-electron chi connectivity index (χ0n) is 34.3. The summed E-state index contributed by atoms with van der Waals surface area (Å²) in [4.78, 5) is 62.9. The number of nitrogens with zero attached hydrogens (tertiary/aromatic N) is 2. The van der Waals surface area contributed by atoms with Crippen molar-refractivity contribution in [3.63, 3.8) is 0 Å². The Hall–Kier alpha value is -4.86. The van der Waals surface area contributed by atoms with Crippen molar-refractivity contribution in [2.45, 2.75) is 126 Å². The number of carbonyl (C=O) groups excluding carboxylic acids is 4. The number of aryl methyl sites for hydroxylation is 2. The van der Waals surface area contributed by atoms with Crippen LogP contribution in [-0.4, -0.2) is 98.0 Å². The third-order valence-electron chi connectivity index (χ3n) is 12.5. The van der Waals surface area contributed by atoms with Gasteiger partial charge in [-0.25, -0.2) is 18.2 Å². The molecule has 2 aliphatic heterocycles. The van der Waals surface area contributed by atoms with Crippen molar-refractivity contribution in [2.75, 3.05) is 26.9 Å². The van der Waals surface area contributed by atoms with E-state index in [-0.39, 0.29) is 31.9 Å². The van der Waals surface area contributed by atoms with Gasteiger partial charge in [-0.2, -0.15) is 0 Å². The Morgan fingerprint density at radius 3 is 2.53 bits per heavy atom. The largest absolute Gasteiger partial charge is 0.496 e. The van der Waals surface area contributed by atoms with Gasteiger partial charge < -0.3 is 34.5 Å². The normalized spacial score (nSPS) is 26.8. The van der Waals surface area contributed by atoms with Gasteiger partial charge in [0, 0.05) is 29.4 Å². The van der Waals surface area contributed by atoms with Crippen LogP contribution in [0.25, 0.3) is 10.9 Å². The van der Waals surface area contributed by atoms with Gasteiger partial charge >= 0.3 is 6.09 Å². The molecule has 4 fully saturated rings. The minimum atomic E-state index is -3.92. The Labute approximate surface area is 346 Å². The summed E-state index contributed by atoms with van der Waals surface area (Å²) in [5, 5.41) is 5.79. The fourth-order valence-corrected chi connectivity index (χ4v) is 10.4. The van der Waals surface area contributed by atoms with Gasteiger partial charge in [-0.05, 0) is 87.8 Å². The van der Waals surface area contributed by atoms with Crippen molar-refractivity contribution in [1.29, 1.82) is 0 Å². The van der Waals surface area contributed by atoms with Gasteiger partial charge in [-0.3, -0.25) is 19.1 Å². The van der Waals surface area contributed by atoms with E-state index in [1.807, 2.05) is 19.9 Å². The Kier molecular flexibility index (Phi) is 12.5. The van der Waals surface area contributed by atoms with E-state index < -0.39 is 68.7 Å². The zero-order valence-corrected chi connectivity index (χ0v) is 35.1. The third kappa shape index (κ3) is 8.87. The van der Waals surface area contributed by atoms with Crippen molar-refractivity contribution in [3.8, 4) is 17.4 Å². The highest BCUT2D eigenvalue weighted by atomic mass is 32.2. The molecule has 0 radical (unpaired) electrons. The van der Waals surface area contributed by atoms with E-state index in [0.29, 0.717) is 86.4 Å². The maximum Gasteiger partial charge on any atom is 0.408 e. The van der Waals surface area contributed by atoms with Crippen molar-refractivity contribution in [3.05, 3.63) is 48.1 Å². The number of hydrogen-bond acceptors (Lipinski definition) is 11. The molecule has 5 aliphatic rings. The standard InChI is InChI=1S/C43H57N5O10S/c1-6-28-22-43(28,41(51)47-59(53,54)30-17-18-30)46-39(49)33-20-29-23-48(33)40(50)36(26-14-10-9-11-15-26)45-42(52)57-24-25(4)13-12-16-27-19-32-34(58-29)21-35(56-8-3)44-37(32)31(7-2)38(27)55-5/h6,19,21,26,28-30,33,36H,1,4,7-18,20,22-24H2,2-3,5H3,(H,45,52)(H,46,49)(H,47,51)/t28-,29-,33+,36+,43-/m1/s1. The van der Waals surface area contributed by atoms with Crippen LogP contribution < -0.4 is 29.6 Å². The smallest absolute Gasteiger partial charge is 0.408 e. The van der Waals surface area contributed by atoms with E-state index in [2.05, 4.69) is 28.5 Å². The highest BCUT2D eigenvalue weighted by Crippen LogP contribution is 2.46. The molecule has 0 spiro atoms. The first-order valence-electron chi connectivity index (χ1n) is 21.1. The van der Waals surface area contributed by atoms with E-state index in [1.54, 1.807) is 13.2 Å². The number of pyridine rings is 1. The van der Waals surface area contributed by atoms with Crippen LogP contribution in [0.4, 0.5) is 4.79 Å². The Morgan fingerprint density at radius 1 is 1.10 bits per heavy atom. The summed E-state index contributed by atoms with van der Waals surface area (Å²) >= 11 is 0. The molecule has 1 saturated heterocycles. The van der Waals surface area contributed by atoms with Gasteiger partial charge in [0.05, 0.1) is 31.0 Å². The fraction of sp³-hybridized carbons (Fsp3) is 0.605. The lowest BCUT2D eigenvalue weighted by molar-refractivity contribution is -0.142. The number of aromatic nitrogens is 1. The highest BCUT2D eigenvalue weighted by molar-refractivity contribution is 7.91.